The van der Waals surface area contributed by atoms with Crippen LogP contribution in [0.15, 0.2) is 88.6 Å². The Labute approximate surface area is 185 Å². The molecule has 3 aliphatic rings. The fraction of sp³-hybridized carbons (Fsp3) is 0.200. The molecule has 2 bridgehead atoms. The first kappa shape index (κ1) is 19.6. The Kier molecular flexibility index (Phi) is 4.52. The second-order valence-corrected chi connectivity index (χ2v) is 8.03. The fourth-order valence-corrected chi connectivity index (χ4v) is 5.60. The summed E-state index contributed by atoms with van der Waals surface area (Å²) in [6.45, 7) is 1.45. The lowest BCUT2D eigenvalue weighted by molar-refractivity contribution is -0.732. The van der Waals surface area contributed by atoms with Crippen molar-refractivity contribution in [1.82, 2.24) is 0 Å². The predicted molar refractivity (Wildman–Crippen MR) is 107 cm³/mol. The van der Waals surface area contributed by atoms with Crippen molar-refractivity contribution in [2.45, 2.75) is 30.7 Å². The number of aromatic nitrogens is 1. The third kappa shape index (κ3) is 2.63. The van der Waals surface area contributed by atoms with E-state index >= 15 is 0 Å². The Morgan fingerprint density at radius 2 is 1.77 bits per heavy atom. The summed E-state index contributed by atoms with van der Waals surface area (Å²) in [5, 5.41) is 0. The number of halogens is 1. The van der Waals surface area contributed by atoms with Crippen LogP contribution < -0.4 is 21.7 Å². The van der Waals surface area contributed by atoms with E-state index in [9.17, 15) is 4.79 Å². The zero-order valence-corrected chi connectivity index (χ0v) is 17.6. The summed E-state index contributed by atoms with van der Waals surface area (Å²) in [5.74, 6) is 0.244. The number of ether oxygens (including phenoxy) is 1. The lowest BCUT2D eigenvalue weighted by Crippen LogP contribution is -3.00. The van der Waals surface area contributed by atoms with E-state index in [1.54, 1.807) is 12.5 Å². The van der Waals surface area contributed by atoms with Crippen molar-refractivity contribution in [1.29, 1.82) is 0 Å². The number of rotatable bonds is 3. The highest BCUT2D eigenvalue weighted by Crippen LogP contribution is 2.61. The molecule has 0 N–H and O–H groups in total. The van der Waals surface area contributed by atoms with Crippen LogP contribution in [0.5, 0.6) is 5.75 Å². The number of hydrogen-bond acceptors (Lipinski definition) is 4. The van der Waals surface area contributed by atoms with Crippen LogP contribution in [-0.2, 0) is 10.2 Å². The molecule has 156 valence electrons. The molecule has 3 aromatic heterocycles. The van der Waals surface area contributed by atoms with Crippen molar-refractivity contribution in [2.24, 2.45) is 0 Å². The highest BCUT2D eigenvalue weighted by molar-refractivity contribution is 5.71. The molecule has 0 saturated heterocycles. The van der Waals surface area contributed by atoms with Crippen LogP contribution in [0.25, 0.3) is 0 Å². The number of nitrogens with zero attached hydrogens (tertiary/aromatic N) is 1. The minimum absolute atomic E-state index is 0. The maximum atomic E-state index is 11.9. The van der Waals surface area contributed by atoms with Crippen LogP contribution in [0, 0.1) is 0 Å². The zero-order valence-electron chi connectivity index (χ0n) is 16.8. The topological polar surface area (TPSA) is 56.5 Å². The van der Waals surface area contributed by atoms with E-state index in [0.29, 0.717) is 5.75 Å². The van der Waals surface area contributed by atoms with Gasteiger partial charge in [0.2, 0.25) is 0 Å². The van der Waals surface area contributed by atoms with Crippen LogP contribution in [0.1, 0.15) is 53.3 Å². The third-order valence-corrected chi connectivity index (χ3v) is 6.64. The van der Waals surface area contributed by atoms with E-state index in [-0.39, 0.29) is 30.3 Å². The predicted octanol–water partition coefficient (Wildman–Crippen LogP) is 1.51. The molecule has 1 aromatic carbocycles. The largest absolute Gasteiger partial charge is 1.00 e. The van der Waals surface area contributed by atoms with Crippen LogP contribution >= 0.6 is 0 Å². The number of esters is 1. The molecule has 2 aliphatic heterocycles. The molecule has 0 spiro atoms. The number of benzene rings is 1. The minimum atomic E-state index is -0.394. The average molecular weight is 434 g/mol. The van der Waals surface area contributed by atoms with Crippen LogP contribution in [0.4, 0.5) is 0 Å². The van der Waals surface area contributed by atoms with Crippen LogP contribution in [-0.4, -0.2) is 5.97 Å². The monoisotopic (exact) mass is 433 g/mol. The molecule has 6 heteroatoms. The maximum Gasteiger partial charge on any atom is 0.308 e. The molecular formula is C25H20ClNO4. The Hall–Kier alpha value is -3.31. The van der Waals surface area contributed by atoms with Crippen molar-refractivity contribution >= 4 is 5.97 Å². The Balaban J connectivity index is 0.00000204. The Bertz CT molecular complexity index is 1210. The van der Waals surface area contributed by atoms with E-state index in [1.807, 2.05) is 36.8 Å². The summed E-state index contributed by atoms with van der Waals surface area (Å²) >= 11 is 0. The second-order valence-electron chi connectivity index (χ2n) is 8.03. The summed E-state index contributed by atoms with van der Waals surface area (Å²) in [4.78, 5) is 11.9. The molecule has 2 atom stereocenters. The number of hydrogen-bond donors (Lipinski definition) is 0. The normalized spacial score (nSPS) is 19.8. The minimum Gasteiger partial charge on any atom is -1.00 e. The van der Waals surface area contributed by atoms with Gasteiger partial charge in [-0.15, -0.1) is 0 Å². The standard InChI is InChI=1S/C25H20NO4.ClH/c1-16(27)30-22-7-4-5-19-21-13-25(17-8-11-28-14-17,18-9-12-29-15-18)24(23(19)22)20-6-2-3-10-26(20)21;/h2-12,14-15,21,24H,13H2,1H3;1H/q+1;/p-1. The van der Waals surface area contributed by atoms with E-state index < -0.39 is 5.41 Å². The van der Waals surface area contributed by atoms with Crippen molar-refractivity contribution < 1.29 is 35.3 Å². The molecule has 0 fully saturated rings. The van der Waals surface area contributed by atoms with Crippen molar-refractivity contribution in [3.8, 4) is 5.75 Å². The molecule has 0 radical (unpaired) electrons. The van der Waals surface area contributed by atoms with E-state index in [4.69, 9.17) is 13.6 Å². The highest BCUT2D eigenvalue weighted by atomic mass is 35.5. The first-order valence-corrected chi connectivity index (χ1v) is 10.1. The van der Waals surface area contributed by atoms with Gasteiger partial charge in [0.25, 0.3) is 0 Å². The molecule has 2 unspecified atom stereocenters. The van der Waals surface area contributed by atoms with Gasteiger partial charge in [0.1, 0.15) is 5.75 Å². The molecule has 5 heterocycles. The van der Waals surface area contributed by atoms with Gasteiger partial charge in [-0.1, -0.05) is 18.2 Å². The van der Waals surface area contributed by atoms with Crippen LogP contribution in [0.3, 0.4) is 0 Å². The first-order valence-electron chi connectivity index (χ1n) is 10.1. The van der Waals surface area contributed by atoms with Gasteiger partial charge in [-0.05, 0) is 18.2 Å². The number of pyridine rings is 1. The van der Waals surface area contributed by atoms with Gasteiger partial charge < -0.3 is 26.0 Å². The molecule has 0 saturated carbocycles. The van der Waals surface area contributed by atoms with Crippen LogP contribution in [0.2, 0.25) is 0 Å². The fourth-order valence-electron chi connectivity index (χ4n) is 5.60. The van der Waals surface area contributed by atoms with Gasteiger partial charge in [-0.25, -0.2) is 0 Å². The SMILES string of the molecule is CC(=O)Oc1cccc2c1C1c3cccc[n+]3C2CC1(c1ccoc1)c1ccoc1.[Cl-]. The molecule has 31 heavy (non-hydrogen) atoms. The molecule has 0 amide bonds. The highest BCUT2D eigenvalue weighted by Gasteiger charge is 2.61. The van der Waals surface area contributed by atoms with Gasteiger partial charge in [-0.2, -0.15) is 4.57 Å². The Morgan fingerprint density at radius 3 is 2.42 bits per heavy atom. The smallest absolute Gasteiger partial charge is 0.308 e. The van der Waals surface area contributed by atoms with E-state index in [0.717, 1.165) is 23.1 Å². The maximum absolute atomic E-state index is 11.9. The second kappa shape index (κ2) is 7.13. The molecular weight excluding hydrogens is 414 g/mol. The van der Waals surface area contributed by atoms with E-state index in [2.05, 4.69) is 35.0 Å². The van der Waals surface area contributed by atoms with Crippen molar-refractivity contribution in [3.63, 3.8) is 0 Å². The average Bonchev–Trinajstić information content (AvgIpc) is 3.48. The molecule has 1 aliphatic carbocycles. The van der Waals surface area contributed by atoms with Crippen molar-refractivity contribution in [2.75, 3.05) is 0 Å². The van der Waals surface area contributed by atoms with Crippen molar-refractivity contribution in [3.05, 3.63) is 108 Å². The number of furan rings is 2. The number of fused-ring (bicyclic) bond motifs is 1. The van der Waals surface area contributed by atoms with Gasteiger partial charge in [0.05, 0.1) is 36.4 Å². The van der Waals surface area contributed by atoms with Gasteiger partial charge in [0, 0.05) is 47.7 Å². The summed E-state index contributed by atoms with van der Waals surface area (Å²) in [5.41, 5.74) is 5.25. The summed E-state index contributed by atoms with van der Waals surface area (Å²) < 4.78 is 19.2. The molecule has 7 rings (SSSR count). The third-order valence-electron chi connectivity index (χ3n) is 6.64. The number of carbonyl (C=O) groups excluding carboxylic acids is 1. The van der Waals surface area contributed by atoms with Gasteiger partial charge >= 0.3 is 5.97 Å². The lowest BCUT2D eigenvalue weighted by Gasteiger charge is -2.48. The Morgan fingerprint density at radius 1 is 1.03 bits per heavy atom. The van der Waals surface area contributed by atoms with Gasteiger partial charge in [-0.3, -0.25) is 4.79 Å². The quantitative estimate of drug-likeness (QED) is 0.279. The zero-order chi connectivity index (χ0) is 20.3. The van der Waals surface area contributed by atoms with E-state index in [1.165, 1.54) is 18.2 Å². The number of carbonyl (C=O) groups is 1. The lowest BCUT2D eigenvalue weighted by atomic mass is 9.54. The first-order chi connectivity index (χ1) is 14.7. The van der Waals surface area contributed by atoms with Gasteiger partial charge in [0.15, 0.2) is 17.9 Å². The summed E-state index contributed by atoms with van der Waals surface area (Å²) in [6.07, 6.45) is 10.1. The summed E-state index contributed by atoms with van der Waals surface area (Å²) in [7, 11) is 0. The molecule has 5 nitrogen and oxygen atoms in total. The summed E-state index contributed by atoms with van der Waals surface area (Å²) in [6, 6.07) is 16.5. The molecule has 4 aromatic rings.